The molecule has 1 aliphatic rings. The van der Waals surface area contributed by atoms with Gasteiger partial charge in [-0.25, -0.2) is 0 Å². The summed E-state index contributed by atoms with van der Waals surface area (Å²) >= 11 is 3.01. The molecule has 0 amide bonds. The third-order valence-electron chi connectivity index (χ3n) is 1.48. The Morgan fingerprint density at radius 1 is 1.91 bits per heavy atom. The molecule has 0 saturated carbocycles. The maximum Gasteiger partial charge on any atom is 0.260 e. The maximum absolute atomic E-state index is 10.3. The van der Waals surface area contributed by atoms with Crippen LogP contribution in [0.4, 0.5) is 0 Å². The summed E-state index contributed by atoms with van der Waals surface area (Å²) in [6, 6.07) is -0.950. The van der Waals surface area contributed by atoms with Gasteiger partial charge in [0.1, 0.15) is 0 Å². The second kappa shape index (κ2) is 3.19. The van der Waals surface area contributed by atoms with Crippen molar-refractivity contribution in [1.82, 2.24) is 5.32 Å². The van der Waals surface area contributed by atoms with Crippen LogP contribution in [0.15, 0.2) is 10.7 Å². The van der Waals surface area contributed by atoms with E-state index in [9.17, 15) is 15.2 Å². The molecule has 0 saturated heterocycles. The Balaban J connectivity index is 2.72. The second-order valence-electron chi connectivity index (χ2n) is 2.24. The highest BCUT2D eigenvalue weighted by molar-refractivity contribution is 9.11. The summed E-state index contributed by atoms with van der Waals surface area (Å²) in [6.45, 7) is 0.170. The van der Waals surface area contributed by atoms with Gasteiger partial charge in [-0.3, -0.25) is 10.1 Å². The van der Waals surface area contributed by atoms with Gasteiger partial charge >= 0.3 is 0 Å². The van der Waals surface area contributed by atoms with E-state index in [2.05, 4.69) is 21.2 Å². The minimum absolute atomic E-state index is 0.170. The van der Waals surface area contributed by atoms with Crippen molar-refractivity contribution in [2.75, 3.05) is 6.54 Å². The van der Waals surface area contributed by atoms with Crippen LogP contribution < -0.4 is 5.32 Å². The van der Waals surface area contributed by atoms with E-state index < -0.39 is 17.1 Å². The summed E-state index contributed by atoms with van der Waals surface area (Å²) in [5, 5.41) is 22.2. The van der Waals surface area contributed by atoms with Gasteiger partial charge in [0.15, 0.2) is 6.10 Å². The number of halogens is 1. The third-order valence-corrected chi connectivity index (χ3v) is 2.18. The molecule has 5 nitrogen and oxygen atoms in total. The van der Waals surface area contributed by atoms with Crippen molar-refractivity contribution in [2.45, 2.75) is 12.1 Å². The quantitative estimate of drug-likeness (QED) is 0.478. The Labute approximate surface area is 71.4 Å². The number of rotatable bonds is 1. The first kappa shape index (κ1) is 8.48. The molecule has 1 aliphatic heterocycles. The van der Waals surface area contributed by atoms with Gasteiger partial charge in [0.25, 0.3) is 6.04 Å². The van der Waals surface area contributed by atoms with Gasteiger partial charge in [-0.1, -0.05) is 15.9 Å². The third kappa shape index (κ3) is 1.69. The second-order valence-corrected chi connectivity index (χ2v) is 3.15. The highest BCUT2D eigenvalue weighted by atomic mass is 79.9. The zero-order chi connectivity index (χ0) is 8.43. The smallest absolute Gasteiger partial charge is 0.260 e. The van der Waals surface area contributed by atoms with Crippen LogP contribution in [-0.4, -0.2) is 28.7 Å². The highest BCUT2D eigenvalue weighted by Crippen LogP contribution is 2.17. The first-order chi connectivity index (χ1) is 5.13. The largest absolute Gasteiger partial charge is 0.383 e. The lowest BCUT2D eigenvalue weighted by Crippen LogP contribution is -2.44. The summed E-state index contributed by atoms with van der Waals surface area (Å²) < 4.78 is 0.422. The lowest BCUT2D eigenvalue weighted by Gasteiger charge is -2.20. The minimum atomic E-state index is -1.02. The van der Waals surface area contributed by atoms with Crippen LogP contribution in [0.3, 0.4) is 0 Å². The molecular weight excluding hydrogens is 216 g/mol. The fourth-order valence-electron chi connectivity index (χ4n) is 0.848. The van der Waals surface area contributed by atoms with Gasteiger partial charge in [-0.2, -0.15) is 0 Å². The molecule has 0 bridgehead atoms. The predicted octanol–water partition coefficient (Wildman–Crippen LogP) is -0.168. The van der Waals surface area contributed by atoms with Gasteiger partial charge in [0.05, 0.1) is 6.54 Å². The number of hydrogen-bond acceptors (Lipinski definition) is 4. The molecule has 11 heavy (non-hydrogen) atoms. The van der Waals surface area contributed by atoms with E-state index in [1.807, 2.05) is 0 Å². The maximum atomic E-state index is 10.3. The van der Waals surface area contributed by atoms with E-state index in [1.54, 1.807) is 0 Å². The summed E-state index contributed by atoms with van der Waals surface area (Å²) in [5.74, 6) is 0. The molecule has 2 unspecified atom stereocenters. The fourth-order valence-corrected chi connectivity index (χ4v) is 1.31. The van der Waals surface area contributed by atoms with E-state index in [-0.39, 0.29) is 6.54 Å². The Bertz CT molecular complexity index is 206. The average Bonchev–Trinajstić information content (AvgIpc) is 1.94. The van der Waals surface area contributed by atoms with E-state index in [1.165, 1.54) is 6.20 Å². The molecule has 62 valence electrons. The van der Waals surface area contributed by atoms with Gasteiger partial charge < -0.3 is 10.4 Å². The lowest BCUT2D eigenvalue weighted by molar-refractivity contribution is -0.530. The molecule has 0 aromatic heterocycles. The fraction of sp³-hybridized carbons (Fsp3) is 0.600. The predicted molar refractivity (Wildman–Crippen MR) is 41.8 cm³/mol. The summed E-state index contributed by atoms with van der Waals surface area (Å²) in [5.41, 5.74) is 0. The van der Waals surface area contributed by atoms with Crippen LogP contribution in [0.25, 0.3) is 0 Å². The Morgan fingerprint density at radius 3 is 3.00 bits per heavy atom. The molecular formula is C5H7BrN2O3. The van der Waals surface area contributed by atoms with Gasteiger partial charge in [-0.05, 0) is 0 Å². The zero-order valence-electron chi connectivity index (χ0n) is 5.53. The first-order valence-electron chi connectivity index (χ1n) is 3.03. The van der Waals surface area contributed by atoms with Crippen molar-refractivity contribution < 1.29 is 10.0 Å². The van der Waals surface area contributed by atoms with Crippen molar-refractivity contribution in [2.24, 2.45) is 0 Å². The molecule has 0 spiro atoms. The highest BCUT2D eigenvalue weighted by Gasteiger charge is 2.33. The van der Waals surface area contributed by atoms with E-state index in [4.69, 9.17) is 0 Å². The number of hydrogen-bond donors (Lipinski definition) is 2. The normalized spacial score (nSPS) is 30.5. The monoisotopic (exact) mass is 222 g/mol. The first-order valence-corrected chi connectivity index (χ1v) is 3.82. The van der Waals surface area contributed by atoms with Crippen LogP contribution in [0.2, 0.25) is 0 Å². The van der Waals surface area contributed by atoms with E-state index >= 15 is 0 Å². The summed E-state index contributed by atoms with van der Waals surface area (Å²) in [6.07, 6.45) is 0.497. The van der Waals surface area contributed by atoms with Gasteiger partial charge in [0, 0.05) is 15.6 Å². The van der Waals surface area contributed by atoms with Crippen molar-refractivity contribution in [3.8, 4) is 0 Å². The number of aliphatic hydroxyl groups excluding tert-OH is 1. The SMILES string of the molecule is O=[N+]([O-])C1CNC=C(Br)C1O. The van der Waals surface area contributed by atoms with Crippen molar-refractivity contribution >= 4 is 15.9 Å². The van der Waals surface area contributed by atoms with Crippen LogP contribution in [0.5, 0.6) is 0 Å². The molecule has 1 heterocycles. The number of nitrogens with zero attached hydrogens (tertiary/aromatic N) is 1. The summed E-state index contributed by atoms with van der Waals surface area (Å²) in [7, 11) is 0. The number of nitrogens with one attached hydrogen (secondary N) is 1. The van der Waals surface area contributed by atoms with Crippen LogP contribution >= 0.6 is 15.9 Å². The average molecular weight is 223 g/mol. The molecule has 2 N–H and O–H groups in total. The molecule has 6 heteroatoms. The van der Waals surface area contributed by atoms with Crippen molar-refractivity contribution in [3.05, 3.63) is 20.8 Å². The molecule has 0 aromatic rings. The van der Waals surface area contributed by atoms with Crippen LogP contribution in [0.1, 0.15) is 0 Å². The number of nitro groups is 1. The lowest BCUT2D eigenvalue weighted by atomic mass is 10.1. The van der Waals surface area contributed by atoms with Gasteiger partial charge in [0.2, 0.25) is 0 Å². The molecule has 0 aromatic carbocycles. The topological polar surface area (TPSA) is 75.4 Å². The number of aliphatic hydroxyl groups is 1. The molecule has 0 aliphatic carbocycles. The molecule has 1 rings (SSSR count). The van der Waals surface area contributed by atoms with Crippen molar-refractivity contribution in [3.63, 3.8) is 0 Å². The van der Waals surface area contributed by atoms with Crippen LogP contribution in [-0.2, 0) is 0 Å². The Kier molecular flexibility index (Phi) is 2.45. The van der Waals surface area contributed by atoms with E-state index in [0.717, 1.165) is 0 Å². The Morgan fingerprint density at radius 2 is 2.55 bits per heavy atom. The van der Waals surface area contributed by atoms with Gasteiger partial charge in [-0.15, -0.1) is 0 Å². The standard InChI is InChI=1S/C5H7BrN2O3/c6-3-1-7-2-4(5(3)9)8(10)11/h1,4-5,7,9H,2H2. The molecule has 2 atom stereocenters. The van der Waals surface area contributed by atoms with Crippen LogP contribution in [0, 0.1) is 10.1 Å². The van der Waals surface area contributed by atoms with E-state index in [0.29, 0.717) is 4.48 Å². The van der Waals surface area contributed by atoms with Crippen molar-refractivity contribution in [1.29, 1.82) is 0 Å². The summed E-state index contributed by atoms with van der Waals surface area (Å²) in [4.78, 5) is 9.77. The molecule has 0 fully saturated rings. The molecule has 0 radical (unpaired) electrons. The Hall–Kier alpha value is -0.620. The minimum Gasteiger partial charge on any atom is -0.383 e. The zero-order valence-corrected chi connectivity index (χ0v) is 7.11.